The first-order valence-corrected chi connectivity index (χ1v) is 5.27. The van der Waals surface area contributed by atoms with Gasteiger partial charge >= 0.3 is 12.0 Å². The van der Waals surface area contributed by atoms with E-state index in [0.29, 0.717) is 10.7 Å². The van der Waals surface area contributed by atoms with Gasteiger partial charge in [-0.25, -0.2) is 9.59 Å². The number of aliphatic carboxylic acids is 1. The predicted octanol–water partition coefficient (Wildman–Crippen LogP) is 2.32. The Hall–Kier alpha value is -1.75. The number of benzene rings is 1. The molecule has 0 spiro atoms. The van der Waals surface area contributed by atoms with Crippen LogP contribution in [-0.4, -0.2) is 22.6 Å². The van der Waals surface area contributed by atoms with Gasteiger partial charge in [0.15, 0.2) is 0 Å². The fraction of sp³-hybridized carbons (Fsp3) is 0.273. The molecular weight excluding hydrogens is 244 g/mol. The number of carbonyl (C=O) groups excluding carboxylic acids is 1. The summed E-state index contributed by atoms with van der Waals surface area (Å²) in [6.45, 7) is 2.79. The van der Waals surface area contributed by atoms with Crippen LogP contribution in [0.4, 0.5) is 10.5 Å². The molecule has 0 bridgehead atoms. The van der Waals surface area contributed by atoms with Crippen LogP contribution in [0.1, 0.15) is 13.8 Å². The number of carboxylic acids is 1. The second-order valence-electron chi connectivity index (χ2n) is 4.02. The lowest BCUT2D eigenvalue weighted by Crippen LogP contribution is -2.51. The van der Waals surface area contributed by atoms with E-state index >= 15 is 0 Å². The SMILES string of the molecule is CC(C)(NC(=O)Nc1cccc(Cl)c1)C(=O)O. The molecule has 0 aromatic heterocycles. The number of nitrogens with one attached hydrogen (secondary N) is 2. The number of hydrogen-bond donors (Lipinski definition) is 3. The molecule has 3 N–H and O–H groups in total. The van der Waals surface area contributed by atoms with E-state index in [2.05, 4.69) is 10.6 Å². The molecule has 0 aliphatic carbocycles. The van der Waals surface area contributed by atoms with E-state index in [1.165, 1.54) is 13.8 Å². The normalized spacial score (nSPS) is 10.8. The van der Waals surface area contributed by atoms with E-state index in [9.17, 15) is 9.59 Å². The minimum Gasteiger partial charge on any atom is -0.480 e. The van der Waals surface area contributed by atoms with Crippen molar-refractivity contribution in [3.05, 3.63) is 29.3 Å². The lowest BCUT2D eigenvalue weighted by Gasteiger charge is -2.21. The summed E-state index contributed by atoms with van der Waals surface area (Å²) in [6, 6.07) is 5.97. The first-order valence-electron chi connectivity index (χ1n) is 4.89. The molecule has 5 nitrogen and oxygen atoms in total. The second kappa shape index (κ2) is 5.05. The van der Waals surface area contributed by atoms with Gasteiger partial charge in [-0.05, 0) is 32.0 Å². The van der Waals surface area contributed by atoms with Crippen molar-refractivity contribution in [2.45, 2.75) is 19.4 Å². The summed E-state index contributed by atoms with van der Waals surface area (Å²) in [7, 11) is 0. The van der Waals surface area contributed by atoms with E-state index in [1.807, 2.05) is 0 Å². The standard InChI is InChI=1S/C11H13ClN2O3/c1-11(2,9(15)16)14-10(17)13-8-5-3-4-7(12)6-8/h3-6H,1-2H3,(H,15,16)(H2,13,14,17). The summed E-state index contributed by atoms with van der Waals surface area (Å²) in [6.07, 6.45) is 0. The third kappa shape index (κ3) is 3.96. The minimum absolute atomic E-state index is 0.486. The minimum atomic E-state index is -1.33. The molecule has 0 saturated heterocycles. The van der Waals surface area contributed by atoms with Gasteiger partial charge in [-0.3, -0.25) is 0 Å². The molecule has 1 aromatic rings. The number of amides is 2. The van der Waals surface area contributed by atoms with E-state index in [1.54, 1.807) is 24.3 Å². The molecule has 0 aliphatic rings. The molecule has 0 saturated carbocycles. The number of urea groups is 1. The van der Waals surface area contributed by atoms with Gasteiger partial charge in [0, 0.05) is 10.7 Å². The Bertz CT molecular complexity index is 446. The van der Waals surface area contributed by atoms with Gasteiger partial charge in [-0.1, -0.05) is 17.7 Å². The van der Waals surface area contributed by atoms with E-state index in [0.717, 1.165) is 0 Å². The molecule has 17 heavy (non-hydrogen) atoms. The van der Waals surface area contributed by atoms with Crippen molar-refractivity contribution in [1.29, 1.82) is 0 Å². The summed E-state index contributed by atoms with van der Waals surface area (Å²) in [4.78, 5) is 22.3. The maximum absolute atomic E-state index is 11.5. The Morgan fingerprint density at radius 2 is 2.00 bits per heavy atom. The van der Waals surface area contributed by atoms with Crippen molar-refractivity contribution in [3.8, 4) is 0 Å². The molecule has 0 atom stereocenters. The number of carboxylic acid groups (broad SMARTS) is 1. The van der Waals surface area contributed by atoms with Crippen LogP contribution in [0.25, 0.3) is 0 Å². The number of rotatable bonds is 3. The monoisotopic (exact) mass is 256 g/mol. The maximum atomic E-state index is 11.5. The summed E-state index contributed by atoms with van der Waals surface area (Å²) in [5.41, 5.74) is -0.834. The quantitative estimate of drug-likeness (QED) is 0.777. The van der Waals surface area contributed by atoms with Crippen LogP contribution in [0.3, 0.4) is 0 Å². The van der Waals surface area contributed by atoms with E-state index < -0.39 is 17.5 Å². The van der Waals surface area contributed by atoms with Crippen molar-refractivity contribution in [2.75, 3.05) is 5.32 Å². The highest BCUT2D eigenvalue weighted by atomic mass is 35.5. The van der Waals surface area contributed by atoms with Gasteiger partial charge in [-0.15, -0.1) is 0 Å². The summed E-state index contributed by atoms with van der Waals surface area (Å²) < 4.78 is 0. The van der Waals surface area contributed by atoms with Gasteiger partial charge in [0.25, 0.3) is 0 Å². The molecule has 6 heteroatoms. The molecule has 0 unspecified atom stereocenters. The highest BCUT2D eigenvalue weighted by Gasteiger charge is 2.28. The fourth-order valence-corrected chi connectivity index (χ4v) is 1.26. The fourth-order valence-electron chi connectivity index (χ4n) is 1.07. The van der Waals surface area contributed by atoms with Crippen molar-refractivity contribution in [2.24, 2.45) is 0 Å². The Kier molecular flexibility index (Phi) is 3.96. The van der Waals surface area contributed by atoms with Crippen molar-refractivity contribution >= 4 is 29.3 Å². The van der Waals surface area contributed by atoms with Gasteiger partial charge in [0.1, 0.15) is 5.54 Å². The first kappa shape index (κ1) is 13.3. The molecule has 1 aromatic carbocycles. The zero-order valence-corrected chi connectivity index (χ0v) is 10.2. The number of carbonyl (C=O) groups is 2. The number of halogens is 1. The lowest BCUT2D eigenvalue weighted by atomic mass is 10.1. The van der Waals surface area contributed by atoms with E-state index in [-0.39, 0.29) is 0 Å². The number of anilines is 1. The van der Waals surface area contributed by atoms with Crippen LogP contribution in [0.2, 0.25) is 5.02 Å². The zero-order valence-electron chi connectivity index (χ0n) is 9.45. The average Bonchev–Trinajstić information content (AvgIpc) is 2.15. The first-order chi connectivity index (χ1) is 7.81. The van der Waals surface area contributed by atoms with Gasteiger partial charge in [0.05, 0.1) is 0 Å². The highest BCUT2D eigenvalue weighted by molar-refractivity contribution is 6.30. The Morgan fingerprint density at radius 1 is 1.35 bits per heavy atom. The van der Waals surface area contributed by atoms with Crippen LogP contribution in [-0.2, 0) is 4.79 Å². The summed E-state index contributed by atoms with van der Waals surface area (Å²) in [5, 5.41) is 14.2. The highest BCUT2D eigenvalue weighted by Crippen LogP contribution is 2.15. The third-order valence-electron chi connectivity index (χ3n) is 2.04. The lowest BCUT2D eigenvalue weighted by molar-refractivity contribution is -0.142. The summed E-state index contributed by atoms with van der Waals surface area (Å²) >= 11 is 5.75. The van der Waals surface area contributed by atoms with Crippen LogP contribution < -0.4 is 10.6 Å². The number of hydrogen-bond acceptors (Lipinski definition) is 2. The summed E-state index contributed by atoms with van der Waals surface area (Å²) in [5.74, 6) is -1.11. The van der Waals surface area contributed by atoms with Crippen molar-refractivity contribution < 1.29 is 14.7 Å². The van der Waals surface area contributed by atoms with Crippen LogP contribution in [0.15, 0.2) is 24.3 Å². The molecule has 0 heterocycles. The van der Waals surface area contributed by atoms with Crippen molar-refractivity contribution in [3.63, 3.8) is 0 Å². The topological polar surface area (TPSA) is 78.4 Å². The Morgan fingerprint density at radius 3 is 2.53 bits per heavy atom. The largest absolute Gasteiger partial charge is 0.480 e. The Labute approximate surface area is 104 Å². The zero-order chi connectivity index (χ0) is 13.1. The Balaban J connectivity index is 2.65. The molecule has 1 rings (SSSR count). The molecule has 2 amide bonds. The third-order valence-corrected chi connectivity index (χ3v) is 2.28. The van der Waals surface area contributed by atoms with E-state index in [4.69, 9.17) is 16.7 Å². The van der Waals surface area contributed by atoms with Crippen molar-refractivity contribution in [1.82, 2.24) is 5.32 Å². The molecule has 0 fully saturated rings. The average molecular weight is 257 g/mol. The predicted molar refractivity (Wildman–Crippen MR) is 65.3 cm³/mol. The molecule has 0 radical (unpaired) electrons. The van der Waals surface area contributed by atoms with Gasteiger partial charge in [-0.2, -0.15) is 0 Å². The molecule has 0 aliphatic heterocycles. The van der Waals surface area contributed by atoms with Crippen LogP contribution >= 0.6 is 11.6 Å². The van der Waals surface area contributed by atoms with Crippen LogP contribution in [0, 0.1) is 0 Å². The van der Waals surface area contributed by atoms with Gasteiger partial charge < -0.3 is 15.7 Å². The molecular formula is C11H13ClN2O3. The maximum Gasteiger partial charge on any atom is 0.328 e. The molecule has 92 valence electrons. The van der Waals surface area contributed by atoms with Crippen LogP contribution in [0.5, 0.6) is 0 Å². The second-order valence-corrected chi connectivity index (χ2v) is 4.46. The smallest absolute Gasteiger partial charge is 0.328 e. The van der Waals surface area contributed by atoms with Gasteiger partial charge in [0.2, 0.25) is 0 Å².